The van der Waals surface area contributed by atoms with Crippen LogP contribution in [-0.2, 0) is 11.2 Å². The molecule has 0 radical (unpaired) electrons. The summed E-state index contributed by atoms with van der Waals surface area (Å²) in [6.45, 7) is 1.69. The van der Waals surface area contributed by atoms with Gasteiger partial charge in [0.25, 0.3) is 0 Å². The van der Waals surface area contributed by atoms with Crippen LogP contribution in [0.2, 0.25) is 0 Å². The Bertz CT molecular complexity index is 459. The lowest BCUT2D eigenvalue weighted by Gasteiger charge is -2.32. The van der Waals surface area contributed by atoms with Crippen LogP contribution in [0.5, 0.6) is 11.5 Å². The number of likely N-dealkylation sites (N-methyl/N-ethyl adjacent to an activating group) is 1. The summed E-state index contributed by atoms with van der Waals surface area (Å²) < 4.78 is 10.5. The number of aliphatic carboxylic acids is 1. The molecule has 1 N–H and O–H groups in total. The second-order valence-electron chi connectivity index (χ2n) is 4.83. The maximum Gasteiger partial charge on any atom is 0.324 e. The third-order valence-corrected chi connectivity index (χ3v) is 3.47. The minimum absolute atomic E-state index is 0.329. The average Bonchev–Trinajstić information content (AvgIpc) is 2.37. The fourth-order valence-electron chi connectivity index (χ4n) is 1.82. The van der Waals surface area contributed by atoms with Gasteiger partial charge in [-0.15, -0.1) is 0 Å². The second kappa shape index (κ2) is 5.93. The Balaban J connectivity index is 3.18. The Labute approximate surface area is 113 Å². The molecule has 0 aromatic heterocycles. The van der Waals surface area contributed by atoms with Crippen LogP contribution in [-0.4, -0.2) is 49.8 Å². The van der Waals surface area contributed by atoms with Gasteiger partial charge in [0.2, 0.25) is 0 Å². The molecule has 0 bridgehead atoms. The molecule has 1 aromatic carbocycles. The van der Waals surface area contributed by atoms with Crippen molar-refractivity contribution in [2.45, 2.75) is 18.9 Å². The molecule has 1 unspecified atom stereocenters. The van der Waals surface area contributed by atoms with Crippen LogP contribution in [0.1, 0.15) is 12.5 Å². The SMILES string of the molecule is COc1ccc(OC)c(CC(C)(C(=O)O)N(C)C)c1. The third kappa shape index (κ3) is 3.17. The van der Waals surface area contributed by atoms with Crippen LogP contribution >= 0.6 is 0 Å². The zero-order valence-electron chi connectivity index (χ0n) is 12.1. The van der Waals surface area contributed by atoms with Crippen LogP contribution in [0.4, 0.5) is 0 Å². The number of ether oxygens (including phenoxy) is 2. The zero-order chi connectivity index (χ0) is 14.6. The molecule has 1 rings (SSSR count). The van der Waals surface area contributed by atoms with Gasteiger partial charge in [-0.3, -0.25) is 9.69 Å². The van der Waals surface area contributed by atoms with E-state index in [9.17, 15) is 9.90 Å². The molecule has 106 valence electrons. The summed E-state index contributed by atoms with van der Waals surface area (Å²) >= 11 is 0. The number of hydrogen-bond donors (Lipinski definition) is 1. The summed E-state index contributed by atoms with van der Waals surface area (Å²) in [6.07, 6.45) is 0.329. The number of benzene rings is 1. The smallest absolute Gasteiger partial charge is 0.324 e. The van der Waals surface area contributed by atoms with Crippen LogP contribution in [0.15, 0.2) is 18.2 Å². The number of carboxylic acids is 1. The summed E-state index contributed by atoms with van der Waals surface area (Å²) in [6, 6.07) is 5.38. The fourth-order valence-corrected chi connectivity index (χ4v) is 1.82. The monoisotopic (exact) mass is 267 g/mol. The Kier molecular flexibility index (Phi) is 4.78. The fraction of sp³-hybridized carbons (Fsp3) is 0.500. The second-order valence-corrected chi connectivity index (χ2v) is 4.83. The summed E-state index contributed by atoms with van der Waals surface area (Å²) in [5, 5.41) is 9.44. The van der Waals surface area contributed by atoms with Crippen LogP contribution in [0.25, 0.3) is 0 Å². The van der Waals surface area contributed by atoms with Crippen LogP contribution in [0, 0.1) is 0 Å². The first-order chi connectivity index (χ1) is 8.85. The topological polar surface area (TPSA) is 59.0 Å². The predicted octanol–water partition coefficient (Wildman–Crippen LogP) is 1.65. The summed E-state index contributed by atoms with van der Waals surface area (Å²) in [5.74, 6) is 0.472. The summed E-state index contributed by atoms with van der Waals surface area (Å²) in [4.78, 5) is 13.2. The molecule has 0 aliphatic carbocycles. The zero-order valence-corrected chi connectivity index (χ0v) is 12.1. The molecular weight excluding hydrogens is 246 g/mol. The lowest BCUT2D eigenvalue weighted by molar-refractivity contribution is -0.148. The van der Waals surface area contributed by atoms with Crippen molar-refractivity contribution in [1.29, 1.82) is 0 Å². The van der Waals surface area contributed by atoms with Gasteiger partial charge in [0.15, 0.2) is 0 Å². The van der Waals surface area contributed by atoms with E-state index in [0.717, 1.165) is 5.56 Å². The first-order valence-electron chi connectivity index (χ1n) is 5.97. The van der Waals surface area contributed by atoms with Gasteiger partial charge < -0.3 is 14.6 Å². The van der Waals surface area contributed by atoms with E-state index in [1.165, 1.54) is 0 Å². The van der Waals surface area contributed by atoms with Gasteiger partial charge in [-0.25, -0.2) is 0 Å². The highest BCUT2D eigenvalue weighted by molar-refractivity contribution is 5.78. The number of carboxylic acid groups (broad SMARTS) is 1. The van der Waals surface area contributed by atoms with Gasteiger partial charge in [0.1, 0.15) is 17.0 Å². The van der Waals surface area contributed by atoms with E-state index in [4.69, 9.17) is 9.47 Å². The maximum atomic E-state index is 11.5. The summed E-state index contributed by atoms with van der Waals surface area (Å²) in [7, 11) is 6.65. The molecule has 5 heteroatoms. The predicted molar refractivity (Wildman–Crippen MR) is 73.0 cm³/mol. The number of carbonyl (C=O) groups is 1. The van der Waals surface area contributed by atoms with Crippen molar-refractivity contribution >= 4 is 5.97 Å². The average molecular weight is 267 g/mol. The van der Waals surface area contributed by atoms with Crippen molar-refractivity contribution in [3.05, 3.63) is 23.8 Å². The van der Waals surface area contributed by atoms with E-state index < -0.39 is 11.5 Å². The Morgan fingerprint density at radius 2 is 1.95 bits per heavy atom. The number of rotatable bonds is 6. The first-order valence-corrected chi connectivity index (χ1v) is 5.97. The van der Waals surface area contributed by atoms with Gasteiger partial charge in [0, 0.05) is 12.0 Å². The van der Waals surface area contributed by atoms with Crippen molar-refractivity contribution in [2.75, 3.05) is 28.3 Å². The third-order valence-electron chi connectivity index (χ3n) is 3.47. The number of nitrogens with zero attached hydrogens (tertiary/aromatic N) is 1. The number of methoxy groups -OCH3 is 2. The van der Waals surface area contributed by atoms with Crippen molar-refractivity contribution in [1.82, 2.24) is 4.90 Å². The van der Waals surface area contributed by atoms with E-state index in [1.807, 2.05) is 6.07 Å². The Morgan fingerprint density at radius 1 is 1.32 bits per heavy atom. The molecule has 0 saturated carbocycles. The number of hydrogen-bond acceptors (Lipinski definition) is 4. The largest absolute Gasteiger partial charge is 0.497 e. The van der Waals surface area contributed by atoms with Crippen molar-refractivity contribution in [2.24, 2.45) is 0 Å². The Hall–Kier alpha value is -1.75. The standard InChI is InChI=1S/C14H21NO4/c1-14(13(16)17,15(2)3)9-10-8-11(18-4)6-7-12(10)19-5/h6-8H,9H2,1-5H3,(H,16,17). The molecule has 0 fully saturated rings. The van der Waals surface area contributed by atoms with Crippen molar-refractivity contribution < 1.29 is 19.4 Å². The minimum atomic E-state index is -1.00. The molecule has 0 aliphatic rings. The molecule has 1 atom stereocenters. The molecule has 0 spiro atoms. The van der Waals surface area contributed by atoms with Crippen LogP contribution < -0.4 is 9.47 Å². The normalized spacial score (nSPS) is 14.0. The van der Waals surface area contributed by atoms with E-state index in [1.54, 1.807) is 52.3 Å². The quantitative estimate of drug-likeness (QED) is 0.849. The van der Waals surface area contributed by atoms with Crippen molar-refractivity contribution in [3.63, 3.8) is 0 Å². The maximum absolute atomic E-state index is 11.5. The minimum Gasteiger partial charge on any atom is -0.497 e. The molecule has 19 heavy (non-hydrogen) atoms. The van der Waals surface area contributed by atoms with Gasteiger partial charge >= 0.3 is 5.97 Å². The summed E-state index contributed by atoms with van der Waals surface area (Å²) in [5.41, 5.74) is -0.194. The lowest BCUT2D eigenvalue weighted by atomic mass is 9.91. The highest BCUT2D eigenvalue weighted by Crippen LogP contribution is 2.29. The van der Waals surface area contributed by atoms with E-state index in [0.29, 0.717) is 17.9 Å². The van der Waals surface area contributed by atoms with Crippen molar-refractivity contribution in [3.8, 4) is 11.5 Å². The molecule has 0 amide bonds. The molecule has 1 aromatic rings. The lowest BCUT2D eigenvalue weighted by Crippen LogP contribution is -2.50. The molecule has 0 heterocycles. The van der Waals surface area contributed by atoms with Gasteiger partial charge in [0.05, 0.1) is 14.2 Å². The van der Waals surface area contributed by atoms with E-state index in [-0.39, 0.29) is 0 Å². The van der Waals surface area contributed by atoms with E-state index >= 15 is 0 Å². The molecule has 0 saturated heterocycles. The molecule has 0 aliphatic heterocycles. The van der Waals surface area contributed by atoms with Gasteiger partial charge in [-0.05, 0) is 39.2 Å². The van der Waals surface area contributed by atoms with E-state index in [2.05, 4.69) is 0 Å². The Morgan fingerprint density at radius 3 is 2.37 bits per heavy atom. The van der Waals surface area contributed by atoms with Gasteiger partial charge in [-0.1, -0.05) is 0 Å². The first kappa shape index (κ1) is 15.3. The van der Waals surface area contributed by atoms with Crippen LogP contribution in [0.3, 0.4) is 0 Å². The molecular formula is C14H21NO4. The van der Waals surface area contributed by atoms with Gasteiger partial charge in [-0.2, -0.15) is 0 Å². The molecule has 5 nitrogen and oxygen atoms in total. The highest BCUT2D eigenvalue weighted by atomic mass is 16.5. The highest BCUT2D eigenvalue weighted by Gasteiger charge is 2.36.